The molecule has 0 aliphatic carbocycles. The maximum absolute atomic E-state index is 12.5. The minimum Gasteiger partial charge on any atom is -0.361 e. The van der Waals surface area contributed by atoms with Gasteiger partial charge in [-0.15, -0.1) is 6.58 Å². The van der Waals surface area contributed by atoms with Crippen molar-refractivity contribution in [2.45, 2.75) is 70.4 Å². The van der Waals surface area contributed by atoms with Gasteiger partial charge >= 0.3 is 0 Å². The Hall–Kier alpha value is -0.283. The van der Waals surface area contributed by atoms with E-state index >= 15 is 0 Å². The summed E-state index contributed by atoms with van der Waals surface area (Å²) in [4.78, 5) is 4.56. The molecular formula is C17H32BrN3O2SSi. The highest BCUT2D eigenvalue weighted by molar-refractivity contribution is 9.10. The van der Waals surface area contributed by atoms with Crippen molar-refractivity contribution in [3.8, 4) is 0 Å². The first kappa shape index (κ1) is 22.8. The third-order valence-electron chi connectivity index (χ3n) is 3.52. The van der Waals surface area contributed by atoms with E-state index in [0.29, 0.717) is 13.2 Å². The third kappa shape index (κ3) is 8.30. The average Bonchev–Trinajstić information content (AvgIpc) is 2.82. The number of nitrogens with one attached hydrogen (secondary N) is 1. The van der Waals surface area contributed by atoms with E-state index in [2.05, 4.69) is 51.9 Å². The van der Waals surface area contributed by atoms with Gasteiger partial charge in [0.1, 0.15) is 17.2 Å². The van der Waals surface area contributed by atoms with Gasteiger partial charge in [-0.25, -0.2) is 13.9 Å². The van der Waals surface area contributed by atoms with E-state index in [4.69, 9.17) is 4.74 Å². The molecule has 0 aromatic carbocycles. The second-order valence-electron chi connectivity index (χ2n) is 8.32. The fraction of sp³-hybridized carbons (Fsp3) is 0.706. The van der Waals surface area contributed by atoms with Crippen LogP contribution in [0.3, 0.4) is 0 Å². The van der Waals surface area contributed by atoms with Crippen molar-refractivity contribution in [2.75, 3.05) is 6.61 Å². The maximum atomic E-state index is 12.5. The molecule has 144 valence electrons. The molecule has 1 aromatic rings. The van der Waals surface area contributed by atoms with E-state index in [1.807, 2.05) is 37.6 Å². The summed E-state index contributed by atoms with van der Waals surface area (Å²) >= 11 is 3.44. The molecule has 2 atom stereocenters. The predicted octanol–water partition coefficient (Wildman–Crippen LogP) is 4.63. The normalized spacial score (nSPS) is 15.2. The minimum absolute atomic E-state index is 0.176. The zero-order chi connectivity index (χ0) is 19.3. The largest absolute Gasteiger partial charge is 0.361 e. The number of imidazole rings is 1. The average molecular weight is 451 g/mol. The van der Waals surface area contributed by atoms with Gasteiger partial charge in [0, 0.05) is 20.9 Å². The number of rotatable bonds is 10. The fourth-order valence-corrected chi connectivity index (χ4v) is 4.00. The Balaban J connectivity index is 2.85. The minimum atomic E-state index is -1.19. The van der Waals surface area contributed by atoms with Gasteiger partial charge in [0.15, 0.2) is 0 Å². The molecule has 0 fully saturated rings. The van der Waals surface area contributed by atoms with E-state index in [0.717, 1.165) is 23.1 Å². The van der Waals surface area contributed by atoms with Gasteiger partial charge in [-0.2, -0.15) is 0 Å². The molecular weight excluding hydrogens is 418 g/mol. The van der Waals surface area contributed by atoms with Crippen LogP contribution in [0.2, 0.25) is 25.7 Å². The molecule has 0 aliphatic heterocycles. The van der Waals surface area contributed by atoms with E-state index in [9.17, 15) is 4.21 Å². The smallest absolute Gasteiger partial charge is 0.130 e. The SMILES string of the molecule is C=CC[C@H](NS(=O)C(C)(C)C)c1nc(Br)cn1COCC[Si](C)(C)C. The van der Waals surface area contributed by atoms with Crippen LogP contribution in [0.5, 0.6) is 0 Å². The first-order valence-corrected chi connectivity index (χ1v) is 14.2. The fourth-order valence-electron chi connectivity index (χ4n) is 2.00. The molecule has 0 spiro atoms. The van der Waals surface area contributed by atoms with Gasteiger partial charge in [-0.1, -0.05) is 25.7 Å². The molecule has 0 saturated heterocycles. The maximum Gasteiger partial charge on any atom is 0.130 e. The lowest BCUT2D eigenvalue weighted by molar-refractivity contribution is 0.0841. The van der Waals surface area contributed by atoms with E-state index in [-0.39, 0.29) is 10.8 Å². The second-order valence-corrected chi connectivity index (χ2v) is 16.7. The number of ether oxygens (including phenoxy) is 1. The summed E-state index contributed by atoms with van der Waals surface area (Å²) in [6.45, 7) is 17.9. The summed E-state index contributed by atoms with van der Waals surface area (Å²) in [6, 6.07) is 0.949. The quantitative estimate of drug-likeness (QED) is 0.321. The van der Waals surface area contributed by atoms with Gasteiger partial charge in [0.2, 0.25) is 0 Å². The molecule has 1 aromatic heterocycles. The molecule has 8 heteroatoms. The summed E-state index contributed by atoms with van der Waals surface area (Å²) in [6.07, 6.45) is 4.36. The topological polar surface area (TPSA) is 56.2 Å². The molecule has 5 nitrogen and oxygen atoms in total. The first-order valence-electron chi connectivity index (χ1n) is 8.53. The van der Waals surface area contributed by atoms with Gasteiger partial charge < -0.3 is 9.30 Å². The highest BCUT2D eigenvalue weighted by atomic mass is 79.9. The molecule has 0 aliphatic rings. The Morgan fingerprint density at radius 1 is 1.48 bits per heavy atom. The van der Waals surface area contributed by atoms with Gasteiger partial charge in [0.05, 0.1) is 21.8 Å². The standard InChI is InChI=1S/C17H32BrN3O2SSi/c1-8-9-14(20-24(22)17(2,3)4)16-19-15(18)12-21(16)13-23-10-11-25(5,6)7/h8,12,14,20H,1,9-11,13H2,2-7H3/t14-,24?/m0/s1. The van der Waals surface area contributed by atoms with E-state index in [1.54, 1.807) is 0 Å². The van der Waals surface area contributed by atoms with Crippen molar-refractivity contribution in [2.24, 2.45) is 0 Å². The molecule has 0 saturated carbocycles. The summed E-state index contributed by atoms with van der Waals surface area (Å²) in [5, 5.41) is 0. The van der Waals surface area contributed by atoms with Crippen molar-refractivity contribution in [1.29, 1.82) is 0 Å². The number of halogens is 1. The zero-order valence-corrected chi connectivity index (χ0v) is 19.7. The Kier molecular flexibility index (Phi) is 8.73. The summed E-state index contributed by atoms with van der Waals surface area (Å²) < 4.78 is 23.9. The first-order chi connectivity index (χ1) is 11.4. The van der Waals surface area contributed by atoms with Gasteiger partial charge in [0.25, 0.3) is 0 Å². The van der Waals surface area contributed by atoms with Crippen LogP contribution in [-0.4, -0.2) is 33.2 Å². The van der Waals surface area contributed by atoms with Crippen LogP contribution in [0.1, 0.15) is 39.1 Å². The molecule has 0 bridgehead atoms. The second kappa shape index (κ2) is 9.59. The predicted molar refractivity (Wildman–Crippen MR) is 113 cm³/mol. The number of aromatic nitrogens is 2. The molecule has 1 unspecified atom stereocenters. The van der Waals surface area contributed by atoms with Crippen LogP contribution in [0.25, 0.3) is 0 Å². The van der Waals surface area contributed by atoms with Gasteiger partial charge in [-0.3, -0.25) is 0 Å². The van der Waals surface area contributed by atoms with Crippen molar-refractivity contribution in [3.05, 3.63) is 29.3 Å². The molecule has 1 heterocycles. The molecule has 0 radical (unpaired) electrons. The molecule has 1 N–H and O–H groups in total. The number of nitrogens with zero attached hydrogens (tertiary/aromatic N) is 2. The highest BCUT2D eigenvalue weighted by Crippen LogP contribution is 2.23. The van der Waals surface area contributed by atoms with Crippen molar-refractivity contribution >= 4 is 35.0 Å². The third-order valence-corrected chi connectivity index (χ3v) is 7.22. The van der Waals surface area contributed by atoms with E-state index in [1.165, 1.54) is 0 Å². The Bertz CT molecular complexity index is 594. The monoisotopic (exact) mass is 449 g/mol. The summed E-state index contributed by atoms with van der Waals surface area (Å²) in [5.74, 6) is 0.803. The van der Waals surface area contributed by atoms with Crippen LogP contribution < -0.4 is 4.72 Å². The molecule has 25 heavy (non-hydrogen) atoms. The zero-order valence-electron chi connectivity index (χ0n) is 16.3. The summed E-state index contributed by atoms with van der Waals surface area (Å²) in [7, 11) is -2.30. The highest BCUT2D eigenvalue weighted by Gasteiger charge is 2.26. The number of hydrogen-bond acceptors (Lipinski definition) is 3. The van der Waals surface area contributed by atoms with Crippen LogP contribution in [0, 0.1) is 0 Å². The Morgan fingerprint density at radius 2 is 2.12 bits per heavy atom. The molecule has 0 amide bonds. The van der Waals surface area contributed by atoms with Gasteiger partial charge in [-0.05, 0) is 49.2 Å². The van der Waals surface area contributed by atoms with Crippen LogP contribution in [0.4, 0.5) is 0 Å². The van der Waals surface area contributed by atoms with Crippen LogP contribution in [-0.2, 0) is 22.5 Å². The Labute approximate surface area is 164 Å². The number of hydrogen-bond donors (Lipinski definition) is 1. The lowest BCUT2D eigenvalue weighted by Crippen LogP contribution is -2.36. The van der Waals surface area contributed by atoms with E-state index < -0.39 is 19.1 Å². The van der Waals surface area contributed by atoms with Crippen molar-refractivity contribution in [3.63, 3.8) is 0 Å². The van der Waals surface area contributed by atoms with Crippen LogP contribution >= 0.6 is 15.9 Å². The van der Waals surface area contributed by atoms with Crippen LogP contribution in [0.15, 0.2) is 23.5 Å². The lowest BCUT2D eigenvalue weighted by atomic mass is 10.2. The van der Waals surface area contributed by atoms with Crippen molar-refractivity contribution < 1.29 is 8.95 Å². The summed E-state index contributed by atoms with van der Waals surface area (Å²) in [5.41, 5.74) is 0. The van der Waals surface area contributed by atoms with Crippen molar-refractivity contribution in [1.82, 2.24) is 14.3 Å². The lowest BCUT2D eigenvalue weighted by Gasteiger charge is -2.24. The molecule has 1 rings (SSSR count). The Morgan fingerprint density at radius 3 is 2.64 bits per heavy atom.